The quantitative estimate of drug-likeness (QED) is 0.617. The second-order valence-corrected chi connectivity index (χ2v) is 4.73. The first-order chi connectivity index (χ1) is 8.45. The molecular weight excluding hydrogens is 250 g/mol. The van der Waals surface area contributed by atoms with E-state index in [9.17, 15) is 9.59 Å². The molecule has 0 N–H and O–H groups in total. The first kappa shape index (κ1) is 12.8. The third-order valence-corrected chi connectivity index (χ3v) is 3.33. The van der Waals surface area contributed by atoms with E-state index in [1.165, 1.54) is 11.5 Å². The highest BCUT2D eigenvalue weighted by molar-refractivity contribution is 6.30. The molecule has 0 saturated heterocycles. The number of Topliss-reactive ketones (excluding diaryl/α,β-unsaturated/α-hetero) is 1. The Morgan fingerprint density at radius 2 is 1.94 bits per heavy atom. The van der Waals surface area contributed by atoms with Gasteiger partial charge in [0.1, 0.15) is 5.15 Å². The highest BCUT2D eigenvalue weighted by Crippen LogP contribution is 2.22. The maximum atomic E-state index is 12.3. The Labute approximate surface area is 110 Å². The highest BCUT2D eigenvalue weighted by Gasteiger charge is 2.12. The normalized spacial score (nSPS) is 10.9. The van der Waals surface area contributed by atoms with Gasteiger partial charge in [-0.05, 0) is 44.5 Å². The molecule has 0 aliphatic rings. The molecule has 0 bridgehead atoms. The Hall–Kier alpha value is -1.61. The maximum Gasteiger partial charge on any atom is 0.259 e. The second-order valence-electron chi connectivity index (χ2n) is 4.35. The maximum absolute atomic E-state index is 12.3. The summed E-state index contributed by atoms with van der Waals surface area (Å²) >= 11 is 6.08. The van der Waals surface area contributed by atoms with Gasteiger partial charge in [0.15, 0.2) is 5.78 Å². The number of halogens is 1. The summed E-state index contributed by atoms with van der Waals surface area (Å²) in [6.45, 7) is 5.74. The lowest BCUT2D eigenvalue weighted by Crippen LogP contribution is -2.20. The predicted molar refractivity (Wildman–Crippen MR) is 73.6 cm³/mol. The summed E-state index contributed by atoms with van der Waals surface area (Å²) < 4.78 is 1.49. The molecule has 94 valence electrons. The van der Waals surface area contributed by atoms with E-state index in [0.29, 0.717) is 28.0 Å². The molecule has 0 fully saturated rings. The fraction of sp³-hybridized carbons (Fsp3) is 0.286. The minimum absolute atomic E-state index is 0.0617. The number of pyridine rings is 1. The van der Waals surface area contributed by atoms with Crippen molar-refractivity contribution in [3.8, 4) is 0 Å². The standard InChI is InChI=1S/C14H14ClNO2/c1-4-16-13(15)7-11-10(9(3)17)5-8(2)6-12(11)14(16)18/h5-7H,4H2,1-3H3. The molecule has 0 amide bonds. The van der Waals surface area contributed by atoms with Gasteiger partial charge in [0.05, 0.1) is 0 Å². The fourth-order valence-electron chi connectivity index (χ4n) is 2.16. The molecule has 3 nitrogen and oxygen atoms in total. The third-order valence-electron chi connectivity index (χ3n) is 3.02. The van der Waals surface area contributed by atoms with E-state index in [-0.39, 0.29) is 11.3 Å². The van der Waals surface area contributed by atoms with Crippen LogP contribution in [0.15, 0.2) is 23.0 Å². The monoisotopic (exact) mass is 263 g/mol. The molecule has 4 heteroatoms. The lowest BCUT2D eigenvalue weighted by Gasteiger charge is -2.10. The molecule has 18 heavy (non-hydrogen) atoms. The van der Waals surface area contributed by atoms with E-state index in [1.54, 1.807) is 18.2 Å². The summed E-state index contributed by atoms with van der Waals surface area (Å²) in [6, 6.07) is 5.28. The average molecular weight is 264 g/mol. The first-order valence-electron chi connectivity index (χ1n) is 5.80. The van der Waals surface area contributed by atoms with E-state index in [2.05, 4.69) is 0 Å². The molecule has 0 aliphatic carbocycles. The highest BCUT2D eigenvalue weighted by atomic mass is 35.5. The summed E-state index contributed by atoms with van der Waals surface area (Å²) in [4.78, 5) is 23.9. The van der Waals surface area contributed by atoms with Crippen molar-refractivity contribution in [3.05, 3.63) is 44.8 Å². The Morgan fingerprint density at radius 3 is 2.50 bits per heavy atom. The van der Waals surface area contributed by atoms with Crippen LogP contribution in [0.1, 0.15) is 29.8 Å². The van der Waals surface area contributed by atoms with Crippen molar-refractivity contribution in [2.75, 3.05) is 0 Å². The van der Waals surface area contributed by atoms with Gasteiger partial charge in [0.25, 0.3) is 5.56 Å². The van der Waals surface area contributed by atoms with E-state index < -0.39 is 0 Å². The molecule has 1 heterocycles. The number of nitrogens with zero attached hydrogens (tertiary/aromatic N) is 1. The molecule has 0 radical (unpaired) electrons. The molecule has 1 aromatic carbocycles. The van der Waals surface area contributed by atoms with Crippen LogP contribution in [0.2, 0.25) is 5.15 Å². The van der Waals surface area contributed by atoms with Crippen LogP contribution in [0.4, 0.5) is 0 Å². The molecule has 2 aromatic rings. The molecule has 0 saturated carbocycles. The lowest BCUT2D eigenvalue weighted by atomic mass is 10.0. The zero-order chi connectivity index (χ0) is 13.4. The molecule has 1 aromatic heterocycles. The number of carbonyl (C=O) groups is 1. The molecule has 0 aliphatic heterocycles. The van der Waals surface area contributed by atoms with Crippen LogP contribution < -0.4 is 5.56 Å². The number of fused-ring (bicyclic) bond motifs is 1. The smallest absolute Gasteiger partial charge is 0.259 e. The van der Waals surface area contributed by atoms with Crippen molar-refractivity contribution in [3.63, 3.8) is 0 Å². The molecular formula is C14H14ClNO2. The van der Waals surface area contributed by atoms with Gasteiger partial charge in [-0.1, -0.05) is 11.6 Å². The summed E-state index contributed by atoms with van der Waals surface area (Å²) in [5, 5.41) is 1.54. The third kappa shape index (κ3) is 1.95. The molecule has 0 unspecified atom stereocenters. The number of aryl methyl sites for hydroxylation is 1. The largest absolute Gasteiger partial charge is 0.299 e. The van der Waals surface area contributed by atoms with Crippen LogP contribution in [0.3, 0.4) is 0 Å². The Balaban J connectivity index is 3.01. The van der Waals surface area contributed by atoms with Crippen molar-refractivity contribution in [1.82, 2.24) is 4.57 Å². The number of ketones is 1. The Kier molecular flexibility index (Phi) is 3.26. The Morgan fingerprint density at radius 1 is 1.28 bits per heavy atom. The van der Waals surface area contributed by atoms with Crippen molar-refractivity contribution < 1.29 is 4.79 Å². The molecule has 0 atom stereocenters. The average Bonchev–Trinajstić information content (AvgIpc) is 2.30. The van der Waals surface area contributed by atoms with Gasteiger partial charge in [-0.25, -0.2) is 0 Å². The van der Waals surface area contributed by atoms with Crippen LogP contribution in [0.25, 0.3) is 10.8 Å². The number of benzene rings is 1. The van der Waals surface area contributed by atoms with Crippen LogP contribution in [0.5, 0.6) is 0 Å². The summed E-state index contributed by atoms with van der Waals surface area (Å²) in [5.74, 6) is -0.0617. The minimum atomic E-state index is -0.147. The second kappa shape index (κ2) is 4.58. The lowest BCUT2D eigenvalue weighted by molar-refractivity contribution is 0.101. The molecule has 0 spiro atoms. The van der Waals surface area contributed by atoms with Crippen molar-refractivity contribution in [2.45, 2.75) is 27.3 Å². The number of hydrogen-bond donors (Lipinski definition) is 0. The summed E-state index contributed by atoms with van der Waals surface area (Å²) in [6.07, 6.45) is 0. The summed E-state index contributed by atoms with van der Waals surface area (Å²) in [5.41, 5.74) is 1.30. The topological polar surface area (TPSA) is 39.1 Å². The zero-order valence-corrected chi connectivity index (χ0v) is 11.3. The predicted octanol–water partition coefficient (Wildman–Crippen LogP) is 3.19. The molecule has 2 rings (SSSR count). The van der Waals surface area contributed by atoms with Gasteiger partial charge >= 0.3 is 0 Å². The van der Waals surface area contributed by atoms with Gasteiger partial charge < -0.3 is 0 Å². The zero-order valence-electron chi connectivity index (χ0n) is 10.6. The van der Waals surface area contributed by atoms with Crippen LogP contribution in [-0.4, -0.2) is 10.4 Å². The van der Waals surface area contributed by atoms with E-state index in [4.69, 9.17) is 11.6 Å². The number of hydrogen-bond acceptors (Lipinski definition) is 2. The first-order valence-corrected chi connectivity index (χ1v) is 6.18. The number of carbonyl (C=O) groups excluding carboxylic acids is 1. The van der Waals surface area contributed by atoms with Crippen molar-refractivity contribution in [1.29, 1.82) is 0 Å². The van der Waals surface area contributed by atoms with Gasteiger partial charge in [-0.15, -0.1) is 0 Å². The van der Waals surface area contributed by atoms with Gasteiger partial charge in [0.2, 0.25) is 0 Å². The van der Waals surface area contributed by atoms with Gasteiger partial charge in [-0.2, -0.15) is 0 Å². The number of rotatable bonds is 2. The van der Waals surface area contributed by atoms with E-state index in [1.807, 2.05) is 13.8 Å². The van der Waals surface area contributed by atoms with Crippen LogP contribution >= 0.6 is 11.6 Å². The van der Waals surface area contributed by atoms with Crippen LogP contribution in [-0.2, 0) is 6.54 Å². The summed E-state index contributed by atoms with van der Waals surface area (Å²) in [7, 11) is 0. The van der Waals surface area contributed by atoms with Gasteiger partial charge in [-0.3, -0.25) is 14.2 Å². The van der Waals surface area contributed by atoms with Crippen LogP contribution in [0, 0.1) is 6.92 Å². The minimum Gasteiger partial charge on any atom is -0.299 e. The van der Waals surface area contributed by atoms with Crippen molar-refractivity contribution in [2.24, 2.45) is 0 Å². The Bertz CT molecular complexity index is 701. The number of aromatic nitrogens is 1. The van der Waals surface area contributed by atoms with E-state index >= 15 is 0 Å². The van der Waals surface area contributed by atoms with E-state index in [0.717, 1.165) is 5.56 Å². The van der Waals surface area contributed by atoms with Crippen molar-refractivity contribution >= 4 is 28.2 Å². The fourth-order valence-corrected chi connectivity index (χ4v) is 2.46. The van der Waals surface area contributed by atoms with Gasteiger partial charge in [0, 0.05) is 22.9 Å². The SMILES string of the molecule is CCn1c(Cl)cc2c(C(C)=O)cc(C)cc2c1=O.